The molecule has 10 nitrogen and oxygen atoms in total. The van der Waals surface area contributed by atoms with Gasteiger partial charge in [0, 0.05) is 30.8 Å². The highest BCUT2D eigenvalue weighted by Crippen LogP contribution is 2.28. The largest absolute Gasteiger partial charge is 0.380 e. The van der Waals surface area contributed by atoms with Gasteiger partial charge in [0.05, 0.1) is 76.4 Å². The fraction of sp³-hybridized carbons (Fsp3) is 0.650. The molecule has 0 N–H and O–H groups in total. The van der Waals surface area contributed by atoms with E-state index in [2.05, 4.69) is 0 Å². The normalized spacial score (nSPS) is 21.7. The quantitative estimate of drug-likeness (QED) is 0.513. The van der Waals surface area contributed by atoms with Crippen LogP contribution in [0, 0.1) is 15.5 Å². The summed E-state index contributed by atoms with van der Waals surface area (Å²) in [5.41, 5.74) is 0.251. The smallest absolute Gasteiger partial charge is 0.269 e. The van der Waals surface area contributed by atoms with Crippen molar-refractivity contribution >= 4 is 11.6 Å². The number of nitro groups is 1. The van der Waals surface area contributed by atoms with E-state index in [1.165, 1.54) is 24.3 Å². The van der Waals surface area contributed by atoms with Crippen LogP contribution in [0.1, 0.15) is 10.4 Å². The minimum absolute atomic E-state index is 0.0542. The number of hydrogen-bond acceptors (Lipinski definition) is 8. The molecule has 2 aliphatic heterocycles. The number of benzene rings is 1. The first-order chi connectivity index (χ1) is 14.6. The summed E-state index contributed by atoms with van der Waals surface area (Å²) in [7, 11) is 0. The molecule has 1 amide bonds. The molecule has 3 rings (SSSR count). The molecule has 2 saturated heterocycles. The highest BCUT2D eigenvalue weighted by atomic mass is 16.6. The van der Waals surface area contributed by atoms with E-state index in [0.29, 0.717) is 84.7 Å². The molecule has 0 unspecified atom stereocenters. The van der Waals surface area contributed by atoms with Gasteiger partial charge >= 0.3 is 0 Å². The van der Waals surface area contributed by atoms with Crippen molar-refractivity contribution in [2.24, 2.45) is 5.41 Å². The van der Waals surface area contributed by atoms with E-state index in [1.54, 1.807) is 4.90 Å². The predicted molar refractivity (Wildman–Crippen MR) is 106 cm³/mol. The Hall–Kier alpha value is -2.11. The predicted octanol–water partition coefficient (Wildman–Crippen LogP) is 1.13. The average molecular weight is 424 g/mol. The van der Waals surface area contributed by atoms with Crippen molar-refractivity contribution in [3.63, 3.8) is 0 Å². The summed E-state index contributed by atoms with van der Waals surface area (Å²) in [4.78, 5) is 24.7. The number of carbonyl (C=O) groups excluding carboxylic acids is 1. The third kappa shape index (κ3) is 6.44. The lowest BCUT2D eigenvalue weighted by Crippen LogP contribution is -2.50. The molecule has 0 saturated carbocycles. The topological polar surface area (TPSA) is 110 Å². The summed E-state index contributed by atoms with van der Waals surface area (Å²) < 4.78 is 28.0. The zero-order valence-electron chi connectivity index (χ0n) is 17.0. The van der Waals surface area contributed by atoms with Crippen LogP contribution < -0.4 is 0 Å². The second-order valence-corrected chi connectivity index (χ2v) is 7.42. The van der Waals surface area contributed by atoms with Gasteiger partial charge in [0.2, 0.25) is 0 Å². The third-order valence-corrected chi connectivity index (χ3v) is 5.00. The van der Waals surface area contributed by atoms with Gasteiger partial charge < -0.3 is 28.6 Å². The molecular weight excluding hydrogens is 396 g/mol. The molecule has 2 aliphatic rings. The molecular formula is C20H28N2O8. The van der Waals surface area contributed by atoms with Gasteiger partial charge in [0.15, 0.2) is 0 Å². The van der Waals surface area contributed by atoms with Crippen LogP contribution in [-0.2, 0) is 23.7 Å². The first kappa shape index (κ1) is 22.6. The van der Waals surface area contributed by atoms with Gasteiger partial charge in [-0.2, -0.15) is 0 Å². The summed E-state index contributed by atoms with van der Waals surface area (Å²) in [6, 6.07) is 5.57. The molecule has 0 bridgehead atoms. The Bertz CT molecular complexity index is 673. The van der Waals surface area contributed by atoms with Crippen LogP contribution in [0.4, 0.5) is 5.69 Å². The lowest BCUT2D eigenvalue weighted by Gasteiger charge is -2.40. The second kappa shape index (κ2) is 11.3. The molecule has 1 spiro atoms. The Kier molecular flexibility index (Phi) is 8.52. The number of amides is 1. The van der Waals surface area contributed by atoms with Crippen molar-refractivity contribution in [1.29, 1.82) is 0 Å². The Morgan fingerprint density at radius 3 is 1.77 bits per heavy atom. The number of rotatable bonds is 2. The zero-order valence-corrected chi connectivity index (χ0v) is 17.0. The summed E-state index contributed by atoms with van der Waals surface area (Å²) in [6.07, 6.45) is 0. The molecule has 0 aliphatic carbocycles. The molecule has 1 aromatic carbocycles. The van der Waals surface area contributed by atoms with Crippen molar-refractivity contribution < 1.29 is 33.4 Å². The van der Waals surface area contributed by atoms with Crippen LogP contribution in [0.15, 0.2) is 24.3 Å². The van der Waals surface area contributed by atoms with Crippen LogP contribution >= 0.6 is 0 Å². The molecule has 0 aromatic heterocycles. The van der Waals surface area contributed by atoms with E-state index in [1.807, 2.05) is 0 Å². The minimum atomic E-state index is -0.494. The highest BCUT2D eigenvalue weighted by Gasteiger charge is 2.39. The molecule has 30 heavy (non-hydrogen) atoms. The molecule has 2 fully saturated rings. The SMILES string of the molecule is O=C(c1ccc([N+](=O)[O-])cc1)N1CCOCCOCC2(COCCOCC1)COC2. The van der Waals surface area contributed by atoms with Gasteiger partial charge in [-0.1, -0.05) is 0 Å². The fourth-order valence-corrected chi connectivity index (χ4v) is 3.19. The van der Waals surface area contributed by atoms with Crippen LogP contribution in [0.25, 0.3) is 0 Å². The Labute approximate surface area is 175 Å². The molecule has 0 radical (unpaired) electrons. The highest BCUT2D eigenvalue weighted by molar-refractivity contribution is 5.94. The minimum Gasteiger partial charge on any atom is -0.380 e. The maximum atomic E-state index is 12.8. The molecule has 2 heterocycles. The van der Waals surface area contributed by atoms with Crippen molar-refractivity contribution in [3.05, 3.63) is 39.9 Å². The van der Waals surface area contributed by atoms with E-state index in [0.717, 1.165) is 0 Å². The Morgan fingerprint density at radius 2 is 1.30 bits per heavy atom. The van der Waals surface area contributed by atoms with E-state index < -0.39 is 4.92 Å². The van der Waals surface area contributed by atoms with Crippen LogP contribution in [0.5, 0.6) is 0 Å². The summed E-state index contributed by atoms with van der Waals surface area (Å²) in [5.74, 6) is -0.224. The summed E-state index contributed by atoms with van der Waals surface area (Å²) >= 11 is 0. The lowest BCUT2D eigenvalue weighted by molar-refractivity contribution is -0.384. The van der Waals surface area contributed by atoms with Gasteiger partial charge in [-0.05, 0) is 12.1 Å². The lowest BCUT2D eigenvalue weighted by atomic mass is 9.88. The van der Waals surface area contributed by atoms with Crippen molar-refractivity contribution in [2.45, 2.75) is 0 Å². The zero-order chi connectivity index (χ0) is 21.2. The summed E-state index contributed by atoms with van der Waals surface area (Å²) in [6.45, 7) is 5.64. The van der Waals surface area contributed by atoms with Gasteiger partial charge in [-0.15, -0.1) is 0 Å². The maximum absolute atomic E-state index is 12.8. The number of ether oxygens (including phenoxy) is 5. The second-order valence-electron chi connectivity index (χ2n) is 7.42. The van der Waals surface area contributed by atoms with E-state index in [9.17, 15) is 14.9 Å². The first-order valence-electron chi connectivity index (χ1n) is 10.0. The Morgan fingerprint density at radius 1 is 0.800 bits per heavy atom. The number of non-ortho nitro benzene ring substituents is 1. The molecule has 0 atom stereocenters. The van der Waals surface area contributed by atoms with Gasteiger partial charge in [-0.25, -0.2) is 0 Å². The monoisotopic (exact) mass is 424 g/mol. The molecule has 166 valence electrons. The molecule has 10 heteroatoms. The standard InChI is InChI=1S/C20H28N2O8/c23-19(17-1-3-18(4-2-17)22(24)25)21-5-7-26-9-11-28-13-20(15-30-16-20)14-29-12-10-27-8-6-21/h1-4H,5-16H2. The fourth-order valence-electron chi connectivity index (χ4n) is 3.19. The number of hydrogen-bond donors (Lipinski definition) is 0. The van der Waals surface area contributed by atoms with Crippen LogP contribution in [0.3, 0.4) is 0 Å². The summed E-state index contributed by atoms with van der Waals surface area (Å²) in [5, 5.41) is 10.8. The number of carbonyl (C=O) groups is 1. The van der Waals surface area contributed by atoms with Crippen molar-refractivity contribution in [2.75, 3.05) is 79.2 Å². The van der Waals surface area contributed by atoms with Gasteiger partial charge in [0.1, 0.15) is 0 Å². The number of nitrogens with zero attached hydrogens (tertiary/aromatic N) is 2. The van der Waals surface area contributed by atoms with E-state index >= 15 is 0 Å². The third-order valence-electron chi connectivity index (χ3n) is 5.00. The van der Waals surface area contributed by atoms with Crippen molar-refractivity contribution in [1.82, 2.24) is 4.90 Å². The van der Waals surface area contributed by atoms with Crippen molar-refractivity contribution in [3.8, 4) is 0 Å². The number of nitro benzene ring substituents is 1. The van der Waals surface area contributed by atoms with E-state index in [4.69, 9.17) is 23.7 Å². The van der Waals surface area contributed by atoms with Gasteiger partial charge in [0.25, 0.3) is 11.6 Å². The maximum Gasteiger partial charge on any atom is 0.269 e. The van der Waals surface area contributed by atoms with Gasteiger partial charge in [-0.3, -0.25) is 14.9 Å². The first-order valence-corrected chi connectivity index (χ1v) is 10.0. The van der Waals surface area contributed by atoms with Crippen LogP contribution in [-0.4, -0.2) is 94.9 Å². The Balaban J connectivity index is 1.53. The molecule has 1 aromatic rings. The van der Waals surface area contributed by atoms with Crippen LogP contribution in [0.2, 0.25) is 0 Å². The average Bonchev–Trinajstić information content (AvgIpc) is 2.72. The van der Waals surface area contributed by atoms with E-state index in [-0.39, 0.29) is 17.0 Å².